The standard InChI is InChI=1S/C67H115N15O17/c1-20-38(8)49(74-51(88)44(34-84)71-55(92)46-25-22-28-81(46)60(97)65(14,15)76-52(89)40(30-35(2)3)69-50(87)42(32-48(68)86)73-58(95)63(10,11)75-39(9)85)57(94)79-67(18,19)62(99)82-29-23-26-47(82)56(93)78-64(12,13)59(96)72-41(31-36(4)5)53(90)77-66(16,17)61(98)80-27-21-24-45(80)54(91)70-43(33-83)37(6)7/h35-38,40-47,49,83-84H,20-34H2,1-19H3,(H2,68,86)(H,69,87)(H,70,91)(H,71,92)(H,72,96)(H,73,95)(H,74,88)(H,75,85)(H,76,89)(H,77,90)(H,78,93)(H,79,94). The SMILES string of the molecule is CCC(C)C(NC(=O)C(CO)NC(=O)C1CCCN1C(=O)C(C)(C)NC(=O)C(CC(C)C)NC(=O)C(CC(N)=O)NC(=O)C(C)(C)NC(C)=O)C(=O)NC(C)(C)C(=O)N1CCCC1C(=O)NC(C)(C)C(=O)NC(CC(C)C)C(=O)NC(C)(C)C(=O)N1CCCC1C(=O)NC(CO)C(C)C. The molecule has 32 nitrogen and oxygen atoms in total. The van der Waals surface area contributed by atoms with Crippen LogP contribution in [0.2, 0.25) is 0 Å². The number of carbonyl (C=O) groups excluding carboxylic acids is 15. The van der Waals surface area contributed by atoms with E-state index >= 15 is 0 Å². The molecule has 0 aromatic rings. The van der Waals surface area contributed by atoms with Gasteiger partial charge < -0.3 is 89.1 Å². The van der Waals surface area contributed by atoms with Crippen LogP contribution in [-0.4, -0.2) is 228 Å². The number of hydrogen-bond acceptors (Lipinski definition) is 17. The summed E-state index contributed by atoms with van der Waals surface area (Å²) in [5.41, 5.74) is -2.79. The molecule has 3 saturated heterocycles. The second-order valence-electron chi connectivity index (χ2n) is 30.4. The van der Waals surface area contributed by atoms with Crippen molar-refractivity contribution in [2.75, 3.05) is 32.8 Å². The minimum atomic E-state index is -1.74. The molecule has 15 N–H and O–H groups in total. The maximum absolute atomic E-state index is 14.5. The first kappa shape index (κ1) is 85.2. The first-order valence-corrected chi connectivity index (χ1v) is 34.4. The topological polar surface area (TPSA) is 465 Å². The summed E-state index contributed by atoms with van der Waals surface area (Å²) in [4.78, 5) is 210. The van der Waals surface area contributed by atoms with E-state index in [2.05, 4.69) is 58.5 Å². The molecule has 3 aliphatic rings. The number of amides is 15. The fraction of sp³-hybridized carbons (Fsp3) is 0.776. The predicted molar refractivity (Wildman–Crippen MR) is 364 cm³/mol. The van der Waals surface area contributed by atoms with Crippen LogP contribution in [0.15, 0.2) is 0 Å². The molecule has 99 heavy (non-hydrogen) atoms. The third-order valence-corrected chi connectivity index (χ3v) is 18.1. The predicted octanol–water partition coefficient (Wildman–Crippen LogP) is -1.98. The minimum Gasteiger partial charge on any atom is -0.394 e. The lowest BCUT2D eigenvalue weighted by Crippen LogP contribution is -2.65. The molecule has 3 rings (SSSR count). The first-order chi connectivity index (χ1) is 45.6. The van der Waals surface area contributed by atoms with E-state index in [0.717, 1.165) is 0 Å². The fourth-order valence-electron chi connectivity index (χ4n) is 12.1. The zero-order chi connectivity index (χ0) is 75.8. The van der Waals surface area contributed by atoms with Gasteiger partial charge in [0.05, 0.1) is 25.7 Å². The van der Waals surface area contributed by atoms with Crippen LogP contribution < -0.4 is 64.2 Å². The third-order valence-electron chi connectivity index (χ3n) is 18.1. The summed E-state index contributed by atoms with van der Waals surface area (Å²) in [6.07, 6.45) is 1.69. The van der Waals surface area contributed by atoms with E-state index in [0.29, 0.717) is 32.1 Å². The minimum absolute atomic E-state index is 0.0221. The van der Waals surface area contributed by atoms with Gasteiger partial charge in [0.15, 0.2) is 0 Å². The summed E-state index contributed by atoms with van der Waals surface area (Å²) >= 11 is 0. The van der Waals surface area contributed by atoms with E-state index in [1.807, 2.05) is 27.7 Å². The number of nitrogens with zero attached hydrogens (tertiary/aromatic N) is 3. The number of hydrogen-bond donors (Lipinski definition) is 14. The number of aliphatic hydroxyl groups is 2. The summed E-state index contributed by atoms with van der Waals surface area (Å²) in [5, 5.41) is 49.3. The molecule has 10 atom stereocenters. The van der Waals surface area contributed by atoms with Crippen LogP contribution >= 0.6 is 0 Å². The van der Waals surface area contributed by atoms with E-state index < -0.39 is 190 Å². The summed E-state index contributed by atoms with van der Waals surface area (Å²) < 4.78 is 0. The molecule has 0 aromatic heterocycles. The maximum atomic E-state index is 14.5. The molecule has 3 fully saturated rings. The number of nitrogens with one attached hydrogen (secondary N) is 11. The Morgan fingerprint density at radius 1 is 0.434 bits per heavy atom. The van der Waals surface area contributed by atoms with Gasteiger partial charge in [0.1, 0.15) is 76.0 Å². The van der Waals surface area contributed by atoms with Gasteiger partial charge in [-0.1, -0.05) is 61.8 Å². The van der Waals surface area contributed by atoms with Crippen LogP contribution in [0, 0.1) is 23.7 Å². The molecule has 0 spiro atoms. The summed E-state index contributed by atoms with van der Waals surface area (Å²) in [7, 11) is 0. The number of carbonyl (C=O) groups is 15. The molecule has 10 unspecified atom stereocenters. The monoisotopic (exact) mass is 1400 g/mol. The van der Waals surface area contributed by atoms with E-state index in [-0.39, 0.29) is 69.7 Å². The van der Waals surface area contributed by atoms with Gasteiger partial charge in [-0.3, -0.25) is 71.9 Å². The van der Waals surface area contributed by atoms with Crippen LogP contribution in [0.3, 0.4) is 0 Å². The van der Waals surface area contributed by atoms with Gasteiger partial charge in [-0.15, -0.1) is 0 Å². The van der Waals surface area contributed by atoms with Gasteiger partial charge >= 0.3 is 0 Å². The first-order valence-electron chi connectivity index (χ1n) is 34.4. The lowest BCUT2D eigenvalue weighted by molar-refractivity contribution is -0.146. The number of rotatable bonds is 35. The Hall–Kier alpha value is -8.03. The lowest BCUT2D eigenvalue weighted by atomic mass is 9.95. The Kier molecular flexibility index (Phi) is 30.8. The Labute approximate surface area is 581 Å². The number of nitrogens with two attached hydrogens (primary N) is 1. The van der Waals surface area contributed by atoms with Crippen LogP contribution in [0.4, 0.5) is 0 Å². The maximum Gasteiger partial charge on any atom is 0.248 e. The van der Waals surface area contributed by atoms with Crippen LogP contribution in [0.5, 0.6) is 0 Å². The van der Waals surface area contributed by atoms with Crippen LogP contribution in [0.1, 0.15) is 196 Å². The van der Waals surface area contributed by atoms with E-state index in [1.165, 1.54) is 90.9 Å². The highest BCUT2D eigenvalue weighted by Crippen LogP contribution is 2.27. The van der Waals surface area contributed by atoms with Gasteiger partial charge in [0, 0.05) is 26.6 Å². The Morgan fingerprint density at radius 3 is 1.18 bits per heavy atom. The smallest absolute Gasteiger partial charge is 0.248 e. The zero-order valence-corrected chi connectivity index (χ0v) is 61.5. The van der Waals surface area contributed by atoms with Gasteiger partial charge in [0.25, 0.3) is 0 Å². The largest absolute Gasteiger partial charge is 0.394 e. The molecule has 0 aliphatic carbocycles. The van der Waals surface area contributed by atoms with Crippen molar-refractivity contribution in [3.8, 4) is 0 Å². The molecule has 0 saturated carbocycles. The quantitative estimate of drug-likeness (QED) is 0.0327. The molecule has 0 bridgehead atoms. The van der Waals surface area contributed by atoms with Crippen molar-refractivity contribution in [1.29, 1.82) is 0 Å². The van der Waals surface area contributed by atoms with Crippen molar-refractivity contribution in [1.82, 2.24) is 73.2 Å². The van der Waals surface area contributed by atoms with E-state index in [4.69, 9.17) is 5.73 Å². The molecular formula is C67H115N15O17. The van der Waals surface area contributed by atoms with E-state index in [1.54, 1.807) is 27.7 Å². The normalized spacial score (nSPS) is 18.9. The van der Waals surface area contributed by atoms with Gasteiger partial charge in [-0.2, -0.15) is 0 Å². The highest BCUT2D eigenvalue weighted by atomic mass is 16.3. The zero-order valence-electron chi connectivity index (χ0n) is 61.5. The molecule has 15 amide bonds. The second kappa shape index (κ2) is 35.8. The van der Waals surface area contributed by atoms with Crippen molar-refractivity contribution in [3.05, 3.63) is 0 Å². The van der Waals surface area contributed by atoms with Crippen molar-refractivity contribution >= 4 is 88.6 Å². The average Bonchev–Trinajstić information content (AvgIpc) is 1.78. The Morgan fingerprint density at radius 2 is 0.808 bits per heavy atom. The number of likely N-dealkylation sites (tertiary alicyclic amines) is 3. The summed E-state index contributed by atoms with van der Waals surface area (Å²) in [6, 6.07) is -10.8. The number of primary amides is 1. The van der Waals surface area contributed by atoms with Crippen LogP contribution in [0.25, 0.3) is 0 Å². The second-order valence-corrected chi connectivity index (χ2v) is 30.4. The molecule has 560 valence electrons. The van der Waals surface area contributed by atoms with Crippen molar-refractivity contribution in [2.45, 2.75) is 278 Å². The molecular weight excluding hydrogens is 1290 g/mol. The lowest BCUT2D eigenvalue weighted by Gasteiger charge is -2.36. The molecule has 0 aromatic carbocycles. The third kappa shape index (κ3) is 23.8. The molecule has 32 heteroatoms. The van der Waals surface area contributed by atoms with Crippen LogP contribution in [-0.2, 0) is 71.9 Å². The average molecular weight is 1400 g/mol. The summed E-state index contributed by atoms with van der Waals surface area (Å²) in [5.74, 6) is -12.3. The van der Waals surface area contributed by atoms with E-state index in [9.17, 15) is 82.1 Å². The van der Waals surface area contributed by atoms with Gasteiger partial charge in [0.2, 0.25) is 88.6 Å². The molecule has 3 aliphatic heterocycles. The Balaban J connectivity index is 1.72. The number of aliphatic hydroxyl groups excluding tert-OH is 2. The molecule has 0 radical (unpaired) electrons. The van der Waals surface area contributed by atoms with Crippen molar-refractivity contribution in [3.63, 3.8) is 0 Å². The fourth-order valence-corrected chi connectivity index (χ4v) is 12.1. The van der Waals surface area contributed by atoms with Gasteiger partial charge in [-0.05, 0) is 144 Å². The Bertz CT molecular complexity index is 2980. The highest BCUT2D eigenvalue weighted by molar-refractivity contribution is 6.03. The summed E-state index contributed by atoms with van der Waals surface area (Å²) in [6.45, 7) is 28.8. The van der Waals surface area contributed by atoms with Crippen molar-refractivity contribution < 1.29 is 82.1 Å². The van der Waals surface area contributed by atoms with Crippen molar-refractivity contribution in [2.24, 2.45) is 29.4 Å². The molecule has 3 heterocycles. The van der Waals surface area contributed by atoms with Gasteiger partial charge in [-0.25, -0.2) is 0 Å². The highest BCUT2D eigenvalue weighted by Gasteiger charge is 2.48.